The molecule has 3 rings (SSSR count). The van der Waals surface area contributed by atoms with Gasteiger partial charge in [0.1, 0.15) is 17.8 Å². The van der Waals surface area contributed by atoms with E-state index in [-0.39, 0.29) is 27.7 Å². The highest BCUT2D eigenvalue weighted by molar-refractivity contribution is 6.42. The lowest BCUT2D eigenvalue weighted by Crippen LogP contribution is -2.55. The molecule has 3 aromatic rings. The minimum Gasteiger partial charge on any atom is -0.344 e. The standard InChI is InChI=1S/C29H27Cl2F3N4O4/c1-16(2)23(25(39)29(32,33)34)37-28(42)24(18-8-4-3-5-9-18)38-27(41)22(15-17-11-12-19(30)20(31)14-17)36-26(40)21-10-6-7-13-35-21/h3-14,16,22-24H,15H2,1-2H3,(H,36,40)(H,37,42)(H,38,41)/t22-,23+,24+/m1/s1. The van der Waals surface area contributed by atoms with E-state index in [2.05, 4.69) is 20.9 Å². The second-order valence-corrected chi connectivity index (χ2v) is 10.5. The average molecular weight is 623 g/mol. The number of halogens is 5. The number of Topliss-reactive ketones (excluding diaryl/α,β-unsaturated/α-hetero) is 1. The number of benzene rings is 2. The van der Waals surface area contributed by atoms with Crippen LogP contribution >= 0.6 is 23.2 Å². The summed E-state index contributed by atoms with van der Waals surface area (Å²) in [5.74, 6) is -5.60. The molecule has 3 amide bonds. The quantitative estimate of drug-likeness (QED) is 0.282. The molecule has 13 heteroatoms. The smallest absolute Gasteiger partial charge is 0.344 e. The monoisotopic (exact) mass is 622 g/mol. The lowest BCUT2D eigenvalue weighted by atomic mass is 9.97. The van der Waals surface area contributed by atoms with Crippen molar-refractivity contribution in [1.29, 1.82) is 0 Å². The Balaban J connectivity index is 1.93. The Bertz CT molecular complexity index is 1420. The van der Waals surface area contributed by atoms with Crippen LogP contribution in [-0.2, 0) is 20.8 Å². The van der Waals surface area contributed by atoms with E-state index in [9.17, 15) is 32.3 Å². The van der Waals surface area contributed by atoms with Gasteiger partial charge in [-0.15, -0.1) is 0 Å². The maximum Gasteiger partial charge on any atom is 0.452 e. The largest absolute Gasteiger partial charge is 0.452 e. The summed E-state index contributed by atoms with van der Waals surface area (Å²) in [5, 5.41) is 7.73. The van der Waals surface area contributed by atoms with Crippen LogP contribution < -0.4 is 16.0 Å². The predicted molar refractivity (Wildman–Crippen MR) is 151 cm³/mol. The van der Waals surface area contributed by atoms with E-state index in [0.29, 0.717) is 5.56 Å². The minimum atomic E-state index is -5.19. The van der Waals surface area contributed by atoms with Crippen molar-refractivity contribution in [2.75, 3.05) is 0 Å². The first-order chi connectivity index (χ1) is 19.8. The summed E-state index contributed by atoms with van der Waals surface area (Å²) < 4.78 is 39.7. The molecule has 0 aliphatic carbocycles. The topological polar surface area (TPSA) is 117 Å². The Hall–Kier alpha value is -3.96. The highest BCUT2D eigenvalue weighted by Crippen LogP contribution is 2.24. The molecule has 1 heterocycles. The van der Waals surface area contributed by atoms with Gasteiger partial charge in [-0.3, -0.25) is 24.2 Å². The Morgan fingerprint density at radius 2 is 1.50 bits per heavy atom. The van der Waals surface area contributed by atoms with Crippen LogP contribution in [0.5, 0.6) is 0 Å². The first-order valence-corrected chi connectivity index (χ1v) is 13.5. The van der Waals surface area contributed by atoms with Gasteiger partial charge >= 0.3 is 6.18 Å². The van der Waals surface area contributed by atoms with Gasteiger partial charge in [0.2, 0.25) is 11.8 Å². The normalized spacial score (nSPS) is 13.5. The molecule has 0 saturated heterocycles. The van der Waals surface area contributed by atoms with Gasteiger partial charge in [0.05, 0.1) is 16.1 Å². The van der Waals surface area contributed by atoms with Crippen LogP contribution in [0.1, 0.15) is 41.5 Å². The maximum atomic E-state index is 13.6. The molecule has 0 aliphatic rings. The lowest BCUT2D eigenvalue weighted by Gasteiger charge is -2.27. The van der Waals surface area contributed by atoms with E-state index in [1.54, 1.807) is 36.4 Å². The molecule has 3 atom stereocenters. The number of rotatable bonds is 11. The van der Waals surface area contributed by atoms with Crippen molar-refractivity contribution in [3.63, 3.8) is 0 Å². The summed E-state index contributed by atoms with van der Waals surface area (Å²) in [5.41, 5.74) is 0.768. The predicted octanol–water partition coefficient (Wildman–Crippen LogP) is 4.86. The van der Waals surface area contributed by atoms with Crippen LogP contribution in [-0.4, -0.2) is 46.7 Å². The van der Waals surface area contributed by atoms with Crippen molar-refractivity contribution in [2.24, 2.45) is 5.92 Å². The molecule has 0 radical (unpaired) electrons. The van der Waals surface area contributed by atoms with Gasteiger partial charge in [-0.25, -0.2) is 0 Å². The molecule has 0 bridgehead atoms. The zero-order chi connectivity index (χ0) is 31.0. The molecule has 8 nitrogen and oxygen atoms in total. The molecule has 0 saturated carbocycles. The zero-order valence-electron chi connectivity index (χ0n) is 22.4. The van der Waals surface area contributed by atoms with E-state index in [1.807, 2.05) is 0 Å². The van der Waals surface area contributed by atoms with Gasteiger partial charge in [-0.1, -0.05) is 79.5 Å². The van der Waals surface area contributed by atoms with Crippen LogP contribution in [0.15, 0.2) is 72.9 Å². The number of aromatic nitrogens is 1. The fourth-order valence-electron chi connectivity index (χ4n) is 3.98. The van der Waals surface area contributed by atoms with Crippen molar-refractivity contribution in [3.05, 3.63) is 99.8 Å². The Kier molecular flexibility index (Phi) is 11.1. The van der Waals surface area contributed by atoms with Crippen molar-refractivity contribution in [3.8, 4) is 0 Å². The molecule has 222 valence electrons. The van der Waals surface area contributed by atoms with Gasteiger partial charge in [0.15, 0.2) is 0 Å². The Labute approximate surface area is 250 Å². The summed E-state index contributed by atoms with van der Waals surface area (Å²) in [6.45, 7) is 2.70. The van der Waals surface area contributed by atoms with Crippen molar-refractivity contribution >= 4 is 46.7 Å². The van der Waals surface area contributed by atoms with Crippen molar-refractivity contribution < 1.29 is 32.3 Å². The summed E-state index contributed by atoms with van der Waals surface area (Å²) in [4.78, 5) is 55.9. The number of alkyl halides is 3. The number of pyridine rings is 1. The maximum absolute atomic E-state index is 13.6. The molecule has 42 heavy (non-hydrogen) atoms. The van der Waals surface area contributed by atoms with Gasteiger partial charge in [0.25, 0.3) is 11.7 Å². The first kappa shape index (κ1) is 32.6. The van der Waals surface area contributed by atoms with Gasteiger partial charge < -0.3 is 16.0 Å². The van der Waals surface area contributed by atoms with Crippen molar-refractivity contribution in [1.82, 2.24) is 20.9 Å². The summed E-state index contributed by atoms with van der Waals surface area (Å²) in [7, 11) is 0. The molecule has 0 unspecified atom stereocenters. The van der Waals surface area contributed by atoms with Crippen LogP contribution in [0.25, 0.3) is 0 Å². The number of carbonyl (C=O) groups is 4. The number of ketones is 1. The number of nitrogens with zero attached hydrogens (tertiary/aromatic N) is 1. The van der Waals surface area contributed by atoms with E-state index in [4.69, 9.17) is 23.2 Å². The van der Waals surface area contributed by atoms with Crippen molar-refractivity contribution in [2.45, 2.75) is 44.6 Å². The number of nitrogens with one attached hydrogen (secondary N) is 3. The molecule has 0 spiro atoms. The third kappa shape index (κ3) is 8.77. The fraction of sp³-hybridized carbons (Fsp3) is 0.276. The molecular weight excluding hydrogens is 596 g/mol. The van der Waals surface area contributed by atoms with E-state index in [0.717, 1.165) is 0 Å². The average Bonchev–Trinajstić information content (AvgIpc) is 2.95. The highest BCUT2D eigenvalue weighted by Gasteiger charge is 2.45. The molecule has 0 fully saturated rings. The fourth-order valence-corrected chi connectivity index (χ4v) is 4.30. The van der Waals surface area contributed by atoms with E-state index in [1.165, 1.54) is 50.4 Å². The van der Waals surface area contributed by atoms with Gasteiger partial charge in [-0.05, 0) is 41.3 Å². The molecular formula is C29H27Cl2F3N4O4. The third-order valence-electron chi connectivity index (χ3n) is 6.15. The molecule has 2 aromatic carbocycles. The Morgan fingerprint density at radius 1 is 0.833 bits per heavy atom. The number of carbonyl (C=O) groups excluding carboxylic acids is 4. The van der Waals surface area contributed by atoms with E-state index >= 15 is 0 Å². The second kappa shape index (κ2) is 14.3. The molecule has 1 aromatic heterocycles. The van der Waals surface area contributed by atoms with Crippen LogP contribution in [0.2, 0.25) is 10.0 Å². The highest BCUT2D eigenvalue weighted by atomic mass is 35.5. The summed E-state index contributed by atoms with van der Waals surface area (Å²) >= 11 is 12.1. The first-order valence-electron chi connectivity index (χ1n) is 12.7. The van der Waals surface area contributed by atoms with Gasteiger partial charge in [0, 0.05) is 12.6 Å². The number of hydrogen-bond acceptors (Lipinski definition) is 5. The lowest BCUT2D eigenvalue weighted by molar-refractivity contribution is -0.175. The summed E-state index contributed by atoms with van der Waals surface area (Å²) in [6, 6.07) is 12.3. The zero-order valence-corrected chi connectivity index (χ0v) is 23.9. The van der Waals surface area contributed by atoms with Gasteiger partial charge in [-0.2, -0.15) is 13.2 Å². The van der Waals surface area contributed by atoms with Crippen LogP contribution in [0.3, 0.4) is 0 Å². The summed E-state index contributed by atoms with van der Waals surface area (Å²) in [6.07, 6.45) is -3.88. The van der Waals surface area contributed by atoms with E-state index < -0.39 is 53.7 Å². The minimum absolute atomic E-state index is 0.0206. The number of amides is 3. The SMILES string of the molecule is CC(C)[C@H](NC(=O)[C@@H](NC(=O)[C@@H](Cc1ccc(Cl)c(Cl)c1)NC(=O)c1ccccn1)c1ccccc1)C(=O)C(F)(F)F. The van der Waals surface area contributed by atoms with Crippen LogP contribution in [0.4, 0.5) is 13.2 Å². The molecule has 3 N–H and O–H groups in total. The van der Waals surface area contributed by atoms with Crippen LogP contribution in [0, 0.1) is 5.92 Å². The Morgan fingerprint density at radius 3 is 2.07 bits per heavy atom. The molecule has 0 aliphatic heterocycles. The second-order valence-electron chi connectivity index (χ2n) is 9.64. The number of hydrogen-bond donors (Lipinski definition) is 3. The third-order valence-corrected chi connectivity index (χ3v) is 6.89.